The predicted molar refractivity (Wildman–Crippen MR) is 91.6 cm³/mol. The minimum atomic E-state index is -9.08. The molecule has 244 valence electrons. The van der Waals surface area contributed by atoms with Crippen LogP contribution in [0.2, 0.25) is 0 Å². The van der Waals surface area contributed by atoms with Crippen LogP contribution in [0.1, 0.15) is 20.8 Å². The lowest BCUT2D eigenvalue weighted by atomic mass is 9.80. The molecule has 0 aromatic rings. The molecule has 0 aromatic carbocycles. The molecule has 0 aromatic heterocycles. The highest BCUT2D eigenvalue weighted by Crippen LogP contribution is 2.65. The molecule has 0 saturated heterocycles. The van der Waals surface area contributed by atoms with Gasteiger partial charge in [0.05, 0.1) is 19.1 Å². The van der Waals surface area contributed by atoms with Gasteiger partial charge in [-0.25, -0.2) is 0 Å². The van der Waals surface area contributed by atoms with E-state index in [9.17, 15) is 93.0 Å². The second kappa shape index (κ2) is 11.0. The van der Waals surface area contributed by atoms with Crippen molar-refractivity contribution in [3.05, 3.63) is 0 Å². The standard InChI is InChI=1S/C18H15F19O4/c1-4-40-8(38)7(9(39)41-5-2)6(3)10(19,20)11(21,22)12(23,24)13(25,26)14(27,28)15(29,30)16(31,32)17(33,34)18(35,36)37/h6-7H,4-5H2,1-3H3. The van der Waals surface area contributed by atoms with Crippen LogP contribution in [-0.4, -0.2) is 78.7 Å². The van der Waals surface area contributed by atoms with Gasteiger partial charge >= 0.3 is 65.5 Å². The molecule has 1 unspecified atom stereocenters. The molecular formula is C18H15F19O4. The summed E-state index contributed by atoms with van der Waals surface area (Å²) in [5.74, 6) is -80.4. The summed E-state index contributed by atoms with van der Waals surface area (Å²) in [6.45, 7) is -0.434. The summed E-state index contributed by atoms with van der Waals surface area (Å²) < 4.78 is 265. The second-order valence-electron chi connectivity index (χ2n) is 7.91. The zero-order chi connectivity index (χ0) is 33.6. The summed E-state index contributed by atoms with van der Waals surface area (Å²) in [5, 5.41) is 0. The molecule has 4 nitrogen and oxygen atoms in total. The monoisotopic (exact) mass is 656 g/mol. The van der Waals surface area contributed by atoms with Crippen LogP contribution in [0.5, 0.6) is 0 Å². The zero-order valence-electron chi connectivity index (χ0n) is 19.9. The van der Waals surface area contributed by atoms with Crippen molar-refractivity contribution in [2.45, 2.75) is 74.3 Å². The first-order valence-electron chi connectivity index (χ1n) is 10.2. The summed E-state index contributed by atoms with van der Waals surface area (Å²) in [5.41, 5.74) is 0. The van der Waals surface area contributed by atoms with Crippen molar-refractivity contribution in [2.75, 3.05) is 13.2 Å². The smallest absolute Gasteiger partial charge is 0.460 e. The molecule has 0 saturated carbocycles. The summed E-state index contributed by atoms with van der Waals surface area (Å²) in [4.78, 5) is 23.6. The molecule has 0 aliphatic rings. The van der Waals surface area contributed by atoms with Gasteiger partial charge in [0.15, 0.2) is 5.92 Å². The lowest BCUT2D eigenvalue weighted by Gasteiger charge is -2.44. The highest BCUT2D eigenvalue weighted by molar-refractivity contribution is 5.95. The molecule has 0 radical (unpaired) electrons. The van der Waals surface area contributed by atoms with E-state index in [2.05, 4.69) is 9.47 Å². The predicted octanol–water partition coefficient (Wildman–Crippen LogP) is 7.01. The molecule has 0 fully saturated rings. The Morgan fingerprint density at radius 2 is 0.732 bits per heavy atom. The van der Waals surface area contributed by atoms with Gasteiger partial charge in [-0.2, -0.15) is 83.4 Å². The van der Waals surface area contributed by atoms with E-state index < -0.39 is 97.5 Å². The van der Waals surface area contributed by atoms with E-state index >= 15 is 0 Å². The number of carbonyl (C=O) groups excluding carboxylic acids is 2. The third kappa shape index (κ3) is 5.44. The first-order chi connectivity index (χ1) is 17.8. The van der Waals surface area contributed by atoms with E-state index in [-0.39, 0.29) is 0 Å². The third-order valence-electron chi connectivity index (χ3n) is 5.29. The Labute approximate surface area is 215 Å². The Morgan fingerprint density at radius 1 is 0.488 bits per heavy atom. The van der Waals surface area contributed by atoms with Crippen LogP contribution in [0.15, 0.2) is 0 Å². The molecule has 0 N–H and O–H groups in total. The SMILES string of the molecule is CCOC(=O)C(C(=O)OCC)C(C)C(F)(F)C(F)(F)C(F)(F)C(F)(F)C(F)(F)C(F)(F)C(F)(F)C(F)(F)C(F)(F)F. The average Bonchev–Trinajstić information content (AvgIpc) is 2.77. The van der Waals surface area contributed by atoms with Crippen molar-refractivity contribution in [2.24, 2.45) is 11.8 Å². The number of hydrogen-bond acceptors (Lipinski definition) is 4. The van der Waals surface area contributed by atoms with E-state index in [1.807, 2.05) is 0 Å². The first-order valence-corrected chi connectivity index (χ1v) is 10.2. The van der Waals surface area contributed by atoms with Gasteiger partial charge in [0, 0.05) is 0 Å². The van der Waals surface area contributed by atoms with Crippen molar-refractivity contribution in [3.63, 3.8) is 0 Å². The van der Waals surface area contributed by atoms with Gasteiger partial charge < -0.3 is 9.47 Å². The van der Waals surface area contributed by atoms with Gasteiger partial charge in [0.2, 0.25) is 0 Å². The van der Waals surface area contributed by atoms with Crippen LogP contribution in [-0.2, 0) is 19.1 Å². The van der Waals surface area contributed by atoms with E-state index in [0.717, 1.165) is 13.8 Å². The van der Waals surface area contributed by atoms with Crippen molar-refractivity contribution in [3.8, 4) is 0 Å². The Morgan fingerprint density at radius 3 is 0.976 bits per heavy atom. The summed E-state index contributed by atoms with van der Waals surface area (Å²) >= 11 is 0. The maximum Gasteiger partial charge on any atom is 0.460 e. The van der Waals surface area contributed by atoms with Gasteiger partial charge in [0.1, 0.15) is 0 Å². The largest absolute Gasteiger partial charge is 0.465 e. The van der Waals surface area contributed by atoms with E-state index in [1.165, 1.54) is 0 Å². The number of alkyl halides is 19. The van der Waals surface area contributed by atoms with E-state index in [1.54, 1.807) is 0 Å². The van der Waals surface area contributed by atoms with Crippen LogP contribution < -0.4 is 0 Å². The Balaban J connectivity index is 7.14. The van der Waals surface area contributed by atoms with Crippen LogP contribution in [0, 0.1) is 11.8 Å². The first kappa shape index (κ1) is 38.6. The molecule has 0 amide bonds. The summed E-state index contributed by atoms with van der Waals surface area (Å²) in [6, 6.07) is 0. The van der Waals surface area contributed by atoms with Gasteiger partial charge in [-0.3, -0.25) is 9.59 Å². The fourth-order valence-corrected chi connectivity index (χ4v) is 2.84. The molecule has 0 spiro atoms. The second-order valence-corrected chi connectivity index (χ2v) is 7.91. The zero-order valence-corrected chi connectivity index (χ0v) is 19.9. The number of halogens is 19. The van der Waals surface area contributed by atoms with Crippen LogP contribution in [0.3, 0.4) is 0 Å². The van der Waals surface area contributed by atoms with Crippen LogP contribution in [0.4, 0.5) is 83.4 Å². The molecule has 0 bridgehead atoms. The number of esters is 2. The molecule has 0 rings (SSSR count). The quantitative estimate of drug-likeness (QED) is 0.122. The lowest BCUT2D eigenvalue weighted by molar-refractivity contribution is -0.470. The normalized spacial score (nSPS) is 16.1. The van der Waals surface area contributed by atoms with E-state index in [0.29, 0.717) is 0 Å². The number of rotatable bonds is 13. The maximum absolute atomic E-state index is 14.5. The maximum atomic E-state index is 14.5. The number of hydrogen-bond donors (Lipinski definition) is 0. The highest BCUT2D eigenvalue weighted by Gasteiger charge is 2.97. The molecule has 0 heterocycles. The fraction of sp³-hybridized carbons (Fsp3) is 0.889. The lowest BCUT2D eigenvalue weighted by Crippen LogP contribution is -2.76. The fourth-order valence-electron chi connectivity index (χ4n) is 2.84. The van der Waals surface area contributed by atoms with Crippen molar-refractivity contribution >= 4 is 11.9 Å². The number of carbonyl (C=O) groups is 2. The highest BCUT2D eigenvalue weighted by atomic mass is 19.4. The minimum absolute atomic E-state index is 0.467. The Kier molecular flexibility index (Phi) is 10.4. The molecule has 23 heteroatoms. The summed E-state index contributed by atoms with van der Waals surface area (Å²) in [6.07, 6.45) is -7.98. The van der Waals surface area contributed by atoms with Crippen molar-refractivity contribution in [1.82, 2.24) is 0 Å². The van der Waals surface area contributed by atoms with Crippen molar-refractivity contribution in [1.29, 1.82) is 0 Å². The number of ether oxygens (including phenoxy) is 2. The van der Waals surface area contributed by atoms with Crippen LogP contribution in [0.25, 0.3) is 0 Å². The van der Waals surface area contributed by atoms with Gasteiger partial charge in [-0.15, -0.1) is 0 Å². The molecule has 41 heavy (non-hydrogen) atoms. The third-order valence-corrected chi connectivity index (χ3v) is 5.29. The Hall–Kier alpha value is -2.39. The molecular weight excluding hydrogens is 641 g/mol. The average molecular weight is 656 g/mol. The van der Waals surface area contributed by atoms with Crippen molar-refractivity contribution < 1.29 is 102 Å². The molecule has 0 aliphatic carbocycles. The van der Waals surface area contributed by atoms with Gasteiger partial charge in [-0.05, 0) is 13.8 Å². The molecule has 0 aliphatic heterocycles. The Bertz CT molecular complexity index is 938. The summed E-state index contributed by atoms with van der Waals surface area (Å²) in [7, 11) is 0. The van der Waals surface area contributed by atoms with Crippen LogP contribution >= 0.6 is 0 Å². The molecule has 1 atom stereocenters. The topological polar surface area (TPSA) is 52.6 Å². The van der Waals surface area contributed by atoms with Gasteiger partial charge in [0.25, 0.3) is 0 Å². The minimum Gasteiger partial charge on any atom is -0.465 e. The van der Waals surface area contributed by atoms with E-state index in [4.69, 9.17) is 0 Å². The van der Waals surface area contributed by atoms with Gasteiger partial charge in [-0.1, -0.05) is 6.92 Å².